The van der Waals surface area contributed by atoms with Gasteiger partial charge < -0.3 is 5.32 Å². The molecule has 1 aliphatic heterocycles. The fourth-order valence-electron chi connectivity index (χ4n) is 2.85. The van der Waals surface area contributed by atoms with Gasteiger partial charge in [0.2, 0.25) is 0 Å². The van der Waals surface area contributed by atoms with E-state index >= 15 is 0 Å². The Morgan fingerprint density at radius 1 is 1.47 bits per heavy atom. The summed E-state index contributed by atoms with van der Waals surface area (Å²) in [5.74, 6) is 1.67. The predicted molar refractivity (Wildman–Crippen MR) is 63.2 cm³/mol. The van der Waals surface area contributed by atoms with Gasteiger partial charge in [0.05, 0.1) is 13.6 Å². The monoisotopic (exact) mass is 236 g/mol. The van der Waals surface area contributed by atoms with Gasteiger partial charge in [0.15, 0.2) is 5.82 Å². The van der Waals surface area contributed by atoms with Crippen LogP contribution in [-0.2, 0) is 13.6 Å². The average Bonchev–Trinajstić information content (AvgIpc) is 3.08. The number of hydrogen-bond acceptors (Lipinski definition) is 5. The molecule has 1 saturated heterocycles. The van der Waals surface area contributed by atoms with Crippen LogP contribution in [0.2, 0.25) is 0 Å². The first kappa shape index (κ1) is 11.1. The number of aromatic nitrogens is 4. The second kappa shape index (κ2) is 4.03. The summed E-state index contributed by atoms with van der Waals surface area (Å²) in [5.41, 5.74) is 0.275. The molecule has 6 heteroatoms. The lowest BCUT2D eigenvalue weighted by molar-refractivity contribution is 0.0460. The molecule has 0 aromatic carbocycles. The zero-order chi connectivity index (χ0) is 11.9. The van der Waals surface area contributed by atoms with Crippen molar-refractivity contribution in [3.8, 4) is 0 Å². The van der Waals surface area contributed by atoms with Gasteiger partial charge in [-0.2, -0.15) is 4.80 Å². The zero-order valence-corrected chi connectivity index (χ0v) is 10.6. The van der Waals surface area contributed by atoms with E-state index in [0.717, 1.165) is 37.9 Å². The lowest BCUT2D eigenvalue weighted by Crippen LogP contribution is -2.60. The minimum Gasteiger partial charge on any atom is -0.314 e. The van der Waals surface area contributed by atoms with Crippen molar-refractivity contribution in [1.82, 2.24) is 30.4 Å². The molecule has 17 heavy (non-hydrogen) atoms. The fourth-order valence-corrected chi connectivity index (χ4v) is 2.85. The van der Waals surface area contributed by atoms with Crippen LogP contribution in [0.4, 0.5) is 0 Å². The first-order valence-electron chi connectivity index (χ1n) is 6.37. The van der Waals surface area contributed by atoms with Crippen LogP contribution in [0.1, 0.15) is 25.6 Å². The van der Waals surface area contributed by atoms with Gasteiger partial charge in [-0.15, -0.1) is 10.2 Å². The summed E-state index contributed by atoms with van der Waals surface area (Å²) in [6.07, 6.45) is 2.73. The normalized spacial score (nSPS) is 30.7. The van der Waals surface area contributed by atoms with Gasteiger partial charge in [0.25, 0.3) is 0 Å². The smallest absolute Gasteiger partial charge is 0.188 e. The molecule has 94 valence electrons. The van der Waals surface area contributed by atoms with Crippen molar-refractivity contribution in [2.45, 2.75) is 31.8 Å². The predicted octanol–water partition coefficient (Wildman–Crippen LogP) is -0.216. The van der Waals surface area contributed by atoms with Crippen molar-refractivity contribution < 1.29 is 0 Å². The van der Waals surface area contributed by atoms with Crippen molar-refractivity contribution in [2.24, 2.45) is 13.0 Å². The molecule has 1 N–H and O–H groups in total. The molecule has 0 amide bonds. The van der Waals surface area contributed by atoms with Crippen LogP contribution in [0.3, 0.4) is 0 Å². The molecule has 1 aromatic heterocycles. The maximum absolute atomic E-state index is 4.28. The standard InChI is InChI=1S/C11H20N6/c1-11(9-3-4-9)8-12-5-6-17(11)7-10-13-15-16(2)14-10/h9,12H,3-8H2,1-2H3. The van der Waals surface area contributed by atoms with Crippen LogP contribution in [0.15, 0.2) is 0 Å². The Balaban J connectivity index is 1.75. The van der Waals surface area contributed by atoms with E-state index in [2.05, 4.69) is 32.6 Å². The Morgan fingerprint density at radius 3 is 2.94 bits per heavy atom. The van der Waals surface area contributed by atoms with Gasteiger partial charge in [0, 0.05) is 25.2 Å². The molecule has 1 aliphatic carbocycles. The van der Waals surface area contributed by atoms with Crippen LogP contribution in [-0.4, -0.2) is 50.3 Å². The Bertz CT molecular complexity index is 398. The van der Waals surface area contributed by atoms with Gasteiger partial charge in [0.1, 0.15) is 0 Å². The van der Waals surface area contributed by atoms with Crippen molar-refractivity contribution in [1.29, 1.82) is 0 Å². The molecular weight excluding hydrogens is 216 g/mol. The Hall–Kier alpha value is -1.01. The highest BCUT2D eigenvalue weighted by Gasteiger charge is 2.46. The summed E-state index contributed by atoms with van der Waals surface area (Å²) < 4.78 is 0. The van der Waals surface area contributed by atoms with Gasteiger partial charge in [-0.3, -0.25) is 4.90 Å². The van der Waals surface area contributed by atoms with E-state index in [1.807, 2.05) is 7.05 Å². The van der Waals surface area contributed by atoms with Crippen molar-refractivity contribution >= 4 is 0 Å². The lowest BCUT2D eigenvalue weighted by Gasteiger charge is -2.45. The topological polar surface area (TPSA) is 58.9 Å². The average molecular weight is 236 g/mol. The molecule has 0 radical (unpaired) electrons. The summed E-state index contributed by atoms with van der Waals surface area (Å²) in [5, 5.41) is 15.8. The van der Waals surface area contributed by atoms with E-state index in [9.17, 15) is 0 Å². The van der Waals surface area contributed by atoms with Crippen molar-refractivity contribution in [3.05, 3.63) is 5.82 Å². The van der Waals surface area contributed by atoms with Crippen molar-refractivity contribution in [2.75, 3.05) is 19.6 Å². The molecule has 3 rings (SSSR count). The number of nitrogens with one attached hydrogen (secondary N) is 1. The summed E-state index contributed by atoms with van der Waals surface area (Å²) in [4.78, 5) is 4.06. The van der Waals surface area contributed by atoms with Crippen LogP contribution < -0.4 is 5.32 Å². The second-order valence-corrected chi connectivity index (χ2v) is 5.42. The molecule has 1 saturated carbocycles. The Morgan fingerprint density at radius 2 is 2.29 bits per heavy atom. The number of hydrogen-bond donors (Lipinski definition) is 1. The van der Waals surface area contributed by atoms with Crippen LogP contribution >= 0.6 is 0 Å². The number of piperazine rings is 1. The highest BCUT2D eigenvalue weighted by atomic mass is 15.6. The first-order chi connectivity index (χ1) is 8.18. The quantitative estimate of drug-likeness (QED) is 0.786. The highest BCUT2D eigenvalue weighted by molar-refractivity contribution is 5.03. The van der Waals surface area contributed by atoms with Gasteiger partial charge >= 0.3 is 0 Å². The molecule has 6 nitrogen and oxygen atoms in total. The molecule has 2 fully saturated rings. The van der Waals surface area contributed by atoms with Crippen molar-refractivity contribution in [3.63, 3.8) is 0 Å². The molecule has 1 unspecified atom stereocenters. The SMILES string of the molecule is Cn1nnc(CN2CCNCC2(C)C2CC2)n1. The maximum Gasteiger partial charge on any atom is 0.188 e. The summed E-state index contributed by atoms with van der Waals surface area (Å²) in [6, 6.07) is 0. The minimum atomic E-state index is 0.275. The van der Waals surface area contributed by atoms with E-state index in [0.29, 0.717) is 0 Å². The number of tetrazole rings is 1. The van der Waals surface area contributed by atoms with E-state index in [-0.39, 0.29) is 5.54 Å². The third-order valence-corrected chi connectivity index (χ3v) is 4.10. The second-order valence-electron chi connectivity index (χ2n) is 5.42. The van der Waals surface area contributed by atoms with Gasteiger partial charge in [-0.05, 0) is 30.9 Å². The maximum atomic E-state index is 4.28. The van der Waals surface area contributed by atoms with E-state index < -0.39 is 0 Å². The molecule has 1 aromatic rings. The molecule has 2 aliphatic rings. The van der Waals surface area contributed by atoms with E-state index in [1.165, 1.54) is 17.6 Å². The van der Waals surface area contributed by atoms with Gasteiger partial charge in [-0.1, -0.05) is 0 Å². The summed E-state index contributed by atoms with van der Waals surface area (Å²) >= 11 is 0. The molecular formula is C11H20N6. The zero-order valence-electron chi connectivity index (χ0n) is 10.6. The fraction of sp³-hybridized carbons (Fsp3) is 0.909. The Labute approximate surface area is 101 Å². The summed E-state index contributed by atoms with van der Waals surface area (Å²) in [7, 11) is 1.81. The van der Waals surface area contributed by atoms with Crippen LogP contribution in [0.25, 0.3) is 0 Å². The number of rotatable bonds is 3. The third kappa shape index (κ3) is 2.07. The van der Waals surface area contributed by atoms with Crippen LogP contribution in [0, 0.1) is 5.92 Å². The molecule has 0 spiro atoms. The molecule has 0 bridgehead atoms. The molecule has 2 heterocycles. The molecule has 1 atom stereocenters. The lowest BCUT2D eigenvalue weighted by atomic mass is 9.91. The highest BCUT2D eigenvalue weighted by Crippen LogP contribution is 2.43. The number of nitrogens with zero attached hydrogens (tertiary/aromatic N) is 5. The van der Waals surface area contributed by atoms with E-state index in [4.69, 9.17) is 0 Å². The van der Waals surface area contributed by atoms with E-state index in [1.54, 1.807) is 0 Å². The van der Waals surface area contributed by atoms with Crippen LogP contribution in [0.5, 0.6) is 0 Å². The number of aryl methyl sites for hydroxylation is 1. The minimum absolute atomic E-state index is 0.275. The summed E-state index contributed by atoms with van der Waals surface area (Å²) in [6.45, 7) is 6.40. The van der Waals surface area contributed by atoms with Gasteiger partial charge in [-0.25, -0.2) is 0 Å². The first-order valence-corrected chi connectivity index (χ1v) is 6.37. The Kier molecular flexibility index (Phi) is 2.63. The largest absolute Gasteiger partial charge is 0.314 e. The third-order valence-electron chi connectivity index (χ3n) is 4.10.